The molecule has 0 spiro atoms. The van der Waals surface area contributed by atoms with Crippen LogP contribution >= 0.6 is 11.6 Å². The number of ketones is 1. The van der Waals surface area contributed by atoms with Crippen molar-refractivity contribution in [3.05, 3.63) is 64.4 Å². The lowest BCUT2D eigenvalue weighted by atomic mass is 10.0. The van der Waals surface area contributed by atoms with E-state index in [0.717, 1.165) is 12.1 Å². The Morgan fingerprint density at radius 2 is 1.89 bits per heavy atom. The normalized spacial score (nSPS) is 11.4. The Hall–Kier alpha value is -1.88. The van der Waals surface area contributed by atoms with Gasteiger partial charge in [-0.05, 0) is 30.3 Å². The topological polar surface area (TPSA) is 30.0 Å². The highest BCUT2D eigenvalue weighted by Crippen LogP contribution is 2.32. The van der Waals surface area contributed by atoms with E-state index < -0.39 is 17.5 Å². The van der Waals surface area contributed by atoms with Crippen molar-refractivity contribution >= 4 is 17.4 Å². The van der Waals surface area contributed by atoms with Gasteiger partial charge in [0.15, 0.2) is 0 Å². The summed E-state index contributed by atoms with van der Waals surface area (Å²) >= 11 is 5.61. The van der Waals surface area contributed by atoms with Crippen molar-refractivity contribution in [1.82, 2.24) is 4.98 Å². The van der Waals surface area contributed by atoms with Crippen LogP contribution < -0.4 is 0 Å². The molecular weight excluding hydrogens is 279 g/mol. The molecule has 0 fully saturated rings. The van der Waals surface area contributed by atoms with E-state index in [9.17, 15) is 18.0 Å². The largest absolute Gasteiger partial charge is 0.416 e. The van der Waals surface area contributed by atoms with E-state index in [-0.39, 0.29) is 16.3 Å². The van der Waals surface area contributed by atoms with Crippen molar-refractivity contribution in [3.63, 3.8) is 0 Å². The van der Waals surface area contributed by atoms with E-state index >= 15 is 0 Å². The summed E-state index contributed by atoms with van der Waals surface area (Å²) in [7, 11) is 0. The van der Waals surface area contributed by atoms with Crippen molar-refractivity contribution in [3.8, 4) is 0 Å². The number of halogens is 4. The second-order valence-corrected chi connectivity index (χ2v) is 4.21. The summed E-state index contributed by atoms with van der Waals surface area (Å²) in [6.07, 6.45) is -3.16. The molecular formula is C13H7ClF3NO. The lowest BCUT2D eigenvalue weighted by molar-refractivity contribution is -0.137. The Kier molecular flexibility index (Phi) is 3.57. The molecule has 6 heteroatoms. The average Bonchev–Trinajstić information content (AvgIpc) is 2.37. The molecule has 19 heavy (non-hydrogen) atoms. The molecule has 2 rings (SSSR count). The van der Waals surface area contributed by atoms with Crippen LogP contribution in [0, 0.1) is 0 Å². The smallest absolute Gasteiger partial charge is 0.287 e. The Morgan fingerprint density at radius 3 is 2.47 bits per heavy atom. The highest BCUT2D eigenvalue weighted by molar-refractivity contribution is 6.31. The van der Waals surface area contributed by atoms with Crippen molar-refractivity contribution in [2.45, 2.75) is 6.18 Å². The number of benzene rings is 1. The lowest BCUT2D eigenvalue weighted by Crippen LogP contribution is -2.09. The second-order valence-electron chi connectivity index (χ2n) is 3.77. The van der Waals surface area contributed by atoms with Crippen LogP contribution in [0.4, 0.5) is 13.2 Å². The molecule has 0 bridgehead atoms. The SMILES string of the molecule is O=C(c1cc(Cl)cc(C(F)(F)F)c1)c1ccccn1. The van der Waals surface area contributed by atoms with Crippen LogP contribution in [0.1, 0.15) is 21.6 Å². The molecule has 1 aromatic heterocycles. The van der Waals surface area contributed by atoms with Gasteiger partial charge in [0.1, 0.15) is 5.69 Å². The highest BCUT2D eigenvalue weighted by Gasteiger charge is 2.31. The fraction of sp³-hybridized carbons (Fsp3) is 0.0769. The first-order valence-corrected chi connectivity index (χ1v) is 5.59. The van der Waals surface area contributed by atoms with Crippen LogP contribution in [0.5, 0.6) is 0 Å². The van der Waals surface area contributed by atoms with E-state index in [2.05, 4.69) is 4.98 Å². The van der Waals surface area contributed by atoms with Crippen LogP contribution in [0.25, 0.3) is 0 Å². The molecule has 0 saturated heterocycles. The minimum absolute atomic E-state index is 0.0675. The van der Waals surface area contributed by atoms with Crippen molar-refractivity contribution in [1.29, 1.82) is 0 Å². The van der Waals surface area contributed by atoms with Gasteiger partial charge in [0.25, 0.3) is 0 Å². The predicted octanol–water partition coefficient (Wildman–Crippen LogP) is 3.98. The number of carbonyl (C=O) groups excluding carboxylic acids is 1. The molecule has 0 aliphatic heterocycles. The highest BCUT2D eigenvalue weighted by atomic mass is 35.5. The fourth-order valence-electron chi connectivity index (χ4n) is 1.53. The molecule has 0 saturated carbocycles. The molecule has 1 heterocycles. The average molecular weight is 286 g/mol. The van der Waals surface area contributed by atoms with Gasteiger partial charge in [-0.2, -0.15) is 13.2 Å². The van der Waals surface area contributed by atoms with Crippen LogP contribution in [0.15, 0.2) is 42.6 Å². The Bertz CT molecular complexity index is 611. The van der Waals surface area contributed by atoms with Crippen LogP contribution in [-0.2, 0) is 6.18 Å². The molecule has 0 N–H and O–H groups in total. The number of alkyl halides is 3. The van der Waals surface area contributed by atoms with Gasteiger partial charge in [-0.1, -0.05) is 17.7 Å². The maximum Gasteiger partial charge on any atom is 0.416 e. The summed E-state index contributed by atoms with van der Waals surface area (Å²) in [6, 6.07) is 7.34. The molecule has 0 radical (unpaired) electrons. The third-order valence-electron chi connectivity index (χ3n) is 2.38. The van der Waals surface area contributed by atoms with E-state index in [1.807, 2.05) is 0 Å². The van der Waals surface area contributed by atoms with Gasteiger partial charge in [-0.25, -0.2) is 0 Å². The summed E-state index contributed by atoms with van der Waals surface area (Å²) in [4.78, 5) is 15.8. The minimum atomic E-state index is -4.55. The van der Waals surface area contributed by atoms with E-state index in [1.165, 1.54) is 18.3 Å². The number of aromatic nitrogens is 1. The number of hydrogen-bond donors (Lipinski definition) is 0. The van der Waals surface area contributed by atoms with Crippen LogP contribution in [-0.4, -0.2) is 10.8 Å². The first-order chi connectivity index (χ1) is 8.88. The zero-order valence-corrected chi connectivity index (χ0v) is 10.2. The molecule has 0 amide bonds. The number of pyridine rings is 1. The summed E-state index contributed by atoms with van der Waals surface area (Å²) in [5.41, 5.74) is -1.03. The molecule has 0 aliphatic carbocycles. The zero-order chi connectivity index (χ0) is 14.0. The van der Waals surface area contributed by atoms with E-state index in [4.69, 9.17) is 11.6 Å². The quantitative estimate of drug-likeness (QED) is 0.781. The van der Waals surface area contributed by atoms with Crippen molar-refractivity contribution < 1.29 is 18.0 Å². The maximum atomic E-state index is 12.6. The van der Waals surface area contributed by atoms with Gasteiger partial charge >= 0.3 is 6.18 Å². The molecule has 98 valence electrons. The van der Waals surface area contributed by atoms with Crippen LogP contribution in [0.3, 0.4) is 0 Å². The molecule has 0 atom stereocenters. The van der Waals surface area contributed by atoms with Gasteiger partial charge in [0.2, 0.25) is 5.78 Å². The first-order valence-electron chi connectivity index (χ1n) is 5.21. The number of carbonyl (C=O) groups is 1. The van der Waals surface area contributed by atoms with E-state index in [1.54, 1.807) is 12.1 Å². The summed E-state index contributed by atoms with van der Waals surface area (Å²) in [5, 5.41) is -0.144. The van der Waals surface area contributed by atoms with Crippen molar-refractivity contribution in [2.75, 3.05) is 0 Å². The molecule has 0 unspecified atom stereocenters. The summed E-state index contributed by atoms with van der Waals surface area (Å²) in [5.74, 6) is -0.603. The Balaban J connectivity index is 2.46. The van der Waals surface area contributed by atoms with Gasteiger partial charge in [-0.15, -0.1) is 0 Å². The Morgan fingerprint density at radius 1 is 1.16 bits per heavy atom. The van der Waals surface area contributed by atoms with Gasteiger partial charge in [-0.3, -0.25) is 9.78 Å². The summed E-state index contributed by atoms with van der Waals surface area (Å²) in [6.45, 7) is 0. The second kappa shape index (κ2) is 5.01. The third-order valence-corrected chi connectivity index (χ3v) is 2.60. The zero-order valence-electron chi connectivity index (χ0n) is 9.41. The maximum absolute atomic E-state index is 12.6. The minimum Gasteiger partial charge on any atom is -0.287 e. The monoisotopic (exact) mass is 285 g/mol. The first kappa shape index (κ1) is 13.5. The van der Waals surface area contributed by atoms with E-state index in [0.29, 0.717) is 0 Å². The third kappa shape index (κ3) is 3.12. The summed E-state index contributed by atoms with van der Waals surface area (Å²) < 4.78 is 37.9. The fourth-order valence-corrected chi connectivity index (χ4v) is 1.76. The van der Waals surface area contributed by atoms with Crippen molar-refractivity contribution in [2.24, 2.45) is 0 Å². The molecule has 0 aliphatic rings. The number of rotatable bonds is 2. The Labute approximate surface area is 111 Å². The number of nitrogens with zero attached hydrogens (tertiary/aromatic N) is 1. The standard InChI is InChI=1S/C13H7ClF3NO/c14-10-6-8(5-9(7-10)13(15,16)17)12(19)11-3-1-2-4-18-11/h1-7H. The lowest BCUT2D eigenvalue weighted by Gasteiger charge is -2.09. The van der Waals surface area contributed by atoms with Gasteiger partial charge < -0.3 is 0 Å². The van der Waals surface area contributed by atoms with Crippen LogP contribution in [0.2, 0.25) is 5.02 Å². The number of hydrogen-bond acceptors (Lipinski definition) is 2. The molecule has 2 nitrogen and oxygen atoms in total. The molecule has 2 aromatic rings. The predicted molar refractivity (Wildman–Crippen MR) is 64.1 cm³/mol. The van der Waals surface area contributed by atoms with Gasteiger partial charge in [0.05, 0.1) is 5.56 Å². The molecule has 1 aromatic carbocycles. The van der Waals surface area contributed by atoms with Gasteiger partial charge in [0, 0.05) is 16.8 Å².